The number of rotatable bonds is 5. The topological polar surface area (TPSA) is 44.1 Å². The lowest BCUT2D eigenvalue weighted by molar-refractivity contribution is 0.302. The maximum Gasteiger partial charge on any atom is 0.271 e. The lowest BCUT2D eigenvalue weighted by atomic mass is 10.2. The van der Waals surface area contributed by atoms with E-state index in [0.29, 0.717) is 15.8 Å². The summed E-state index contributed by atoms with van der Waals surface area (Å²) in [5.41, 5.74) is 0.644. The molecule has 0 N–H and O–H groups in total. The number of aromatic nitrogens is 2. The average Bonchev–Trinajstić information content (AvgIpc) is 2.48. The molecule has 0 aliphatic heterocycles. The summed E-state index contributed by atoms with van der Waals surface area (Å²) in [5, 5.41) is 5.04. The van der Waals surface area contributed by atoms with Crippen molar-refractivity contribution in [3.63, 3.8) is 0 Å². The predicted molar refractivity (Wildman–Crippen MR) is 87.5 cm³/mol. The third-order valence-corrected chi connectivity index (χ3v) is 4.57. The number of nitrogens with zero attached hydrogens (tertiary/aromatic N) is 2. The first-order chi connectivity index (χ1) is 10.0. The predicted octanol–water partition coefficient (Wildman–Crippen LogP) is 4.43. The lowest BCUT2D eigenvalue weighted by Crippen LogP contribution is -2.23. The fourth-order valence-corrected chi connectivity index (χ4v) is 2.29. The number of ether oxygens (including phenoxy) is 1. The van der Waals surface area contributed by atoms with Gasteiger partial charge in [-0.25, -0.2) is 4.68 Å². The average molecular weight is 392 g/mol. The summed E-state index contributed by atoms with van der Waals surface area (Å²) in [6.45, 7) is 2.25. The molecule has 1 aromatic carbocycles. The Hall–Kier alpha value is -1.04. The number of hydrogen-bond donors (Lipinski definition) is 0. The fourth-order valence-electron chi connectivity index (χ4n) is 1.66. The highest BCUT2D eigenvalue weighted by atomic mass is 79.9. The normalized spacial score (nSPS) is 12.2. The minimum atomic E-state index is -0.217. The van der Waals surface area contributed by atoms with E-state index in [1.165, 1.54) is 16.9 Å². The monoisotopic (exact) mass is 390 g/mol. The molecule has 0 saturated carbocycles. The summed E-state index contributed by atoms with van der Waals surface area (Å²) in [5.74, 6) is 0.415. The van der Waals surface area contributed by atoms with E-state index in [2.05, 4.69) is 21.0 Å². The van der Waals surface area contributed by atoms with E-state index >= 15 is 0 Å². The molecule has 112 valence electrons. The Labute approximate surface area is 140 Å². The molecule has 0 aliphatic rings. The van der Waals surface area contributed by atoms with Gasteiger partial charge in [-0.2, -0.15) is 5.10 Å². The number of alkyl halides is 1. The van der Waals surface area contributed by atoms with Crippen molar-refractivity contribution in [2.45, 2.75) is 24.9 Å². The highest BCUT2D eigenvalue weighted by Crippen LogP contribution is 2.23. The van der Waals surface area contributed by atoms with E-state index in [4.69, 9.17) is 27.9 Å². The summed E-state index contributed by atoms with van der Waals surface area (Å²) in [7, 11) is 0. The van der Waals surface area contributed by atoms with E-state index in [1.807, 2.05) is 13.0 Å². The molecule has 1 unspecified atom stereocenters. The van der Waals surface area contributed by atoms with Crippen molar-refractivity contribution in [2.24, 2.45) is 0 Å². The van der Waals surface area contributed by atoms with E-state index in [-0.39, 0.29) is 17.1 Å². The van der Waals surface area contributed by atoms with Crippen molar-refractivity contribution >= 4 is 39.1 Å². The van der Waals surface area contributed by atoms with E-state index in [1.54, 1.807) is 12.1 Å². The second-order valence-corrected chi connectivity index (χ2v) is 6.23. The van der Waals surface area contributed by atoms with E-state index < -0.39 is 0 Å². The van der Waals surface area contributed by atoms with Crippen LogP contribution < -0.4 is 10.3 Å². The largest absolute Gasteiger partial charge is 0.487 e. The second-order valence-electron chi connectivity index (χ2n) is 4.35. The molecule has 2 rings (SSSR count). The van der Waals surface area contributed by atoms with Crippen molar-refractivity contribution in [3.05, 3.63) is 56.4 Å². The van der Waals surface area contributed by atoms with Gasteiger partial charge in [-0.05, 0) is 24.1 Å². The Morgan fingerprint density at radius 3 is 2.71 bits per heavy atom. The van der Waals surface area contributed by atoms with Gasteiger partial charge in [-0.1, -0.05) is 52.1 Å². The first-order valence-electron chi connectivity index (χ1n) is 6.31. The minimum Gasteiger partial charge on any atom is -0.487 e. The van der Waals surface area contributed by atoms with Crippen LogP contribution in [0.15, 0.2) is 35.3 Å². The minimum absolute atomic E-state index is 0.117. The molecular formula is C14H13BrCl2N2O2. The highest BCUT2D eigenvalue weighted by Gasteiger charge is 2.08. The molecular weight excluding hydrogens is 379 g/mol. The molecule has 1 aromatic heterocycles. The Kier molecular flexibility index (Phi) is 5.67. The standard InChI is InChI=1S/C14H13BrCl2N2O2/c1-2-13(15)19-14(20)6-10(7-18-19)21-8-9-3-4-11(16)12(17)5-9/h3-7,13H,2,8H2,1H3. The van der Waals surface area contributed by atoms with Crippen LogP contribution in [-0.2, 0) is 6.61 Å². The quantitative estimate of drug-likeness (QED) is 0.708. The molecule has 0 spiro atoms. The number of benzene rings is 1. The molecule has 7 heteroatoms. The van der Waals surface area contributed by atoms with Crippen LogP contribution >= 0.6 is 39.1 Å². The van der Waals surface area contributed by atoms with Gasteiger partial charge in [0.1, 0.15) is 17.3 Å². The van der Waals surface area contributed by atoms with Gasteiger partial charge in [0.25, 0.3) is 5.56 Å². The van der Waals surface area contributed by atoms with Gasteiger partial charge in [0.2, 0.25) is 0 Å². The smallest absolute Gasteiger partial charge is 0.271 e. The van der Waals surface area contributed by atoms with E-state index in [0.717, 1.165) is 12.0 Å². The SMILES string of the molecule is CCC(Br)n1ncc(OCc2ccc(Cl)c(Cl)c2)cc1=O. The maximum absolute atomic E-state index is 11.9. The van der Waals surface area contributed by atoms with Gasteiger partial charge >= 0.3 is 0 Å². The number of hydrogen-bond acceptors (Lipinski definition) is 3. The lowest BCUT2D eigenvalue weighted by Gasteiger charge is -2.11. The summed E-state index contributed by atoms with van der Waals surface area (Å²) in [4.78, 5) is 11.8. The van der Waals surface area contributed by atoms with Crippen LogP contribution in [0.2, 0.25) is 10.0 Å². The third kappa shape index (κ3) is 4.22. The fraction of sp³-hybridized carbons (Fsp3) is 0.286. The second kappa shape index (κ2) is 7.29. The summed E-state index contributed by atoms with van der Waals surface area (Å²) < 4.78 is 6.91. The molecule has 0 aliphatic carbocycles. The molecule has 1 heterocycles. The molecule has 0 radical (unpaired) electrons. The molecule has 4 nitrogen and oxygen atoms in total. The Morgan fingerprint density at radius 2 is 2.10 bits per heavy atom. The molecule has 0 saturated heterocycles. The van der Waals surface area contributed by atoms with Crippen molar-refractivity contribution in [1.29, 1.82) is 0 Å². The van der Waals surface area contributed by atoms with Gasteiger partial charge in [-0.15, -0.1) is 0 Å². The highest BCUT2D eigenvalue weighted by molar-refractivity contribution is 9.09. The van der Waals surface area contributed by atoms with Gasteiger partial charge in [0.15, 0.2) is 0 Å². The van der Waals surface area contributed by atoms with Crippen LogP contribution in [0.5, 0.6) is 5.75 Å². The third-order valence-electron chi connectivity index (χ3n) is 2.79. The molecule has 0 amide bonds. The zero-order valence-corrected chi connectivity index (χ0v) is 14.3. The zero-order chi connectivity index (χ0) is 15.4. The molecule has 1 atom stereocenters. The summed E-state index contributed by atoms with van der Waals surface area (Å²) in [6, 6.07) is 6.66. The Bertz CT molecular complexity index is 691. The van der Waals surface area contributed by atoms with Crippen LogP contribution in [0.25, 0.3) is 0 Å². The van der Waals surface area contributed by atoms with Crippen LogP contribution in [0.3, 0.4) is 0 Å². The van der Waals surface area contributed by atoms with Crippen molar-refractivity contribution in [2.75, 3.05) is 0 Å². The first kappa shape index (κ1) is 16.3. The van der Waals surface area contributed by atoms with Crippen LogP contribution in [-0.4, -0.2) is 9.78 Å². The van der Waals surface area contributed by atoms with Crippen molar-refractivity contribution < 1.29 is 4.74 Å². The van der Waals surface area contributed by atoms with E-state index in [9.17, 15) is 4.79 Å². The summed E-state index contributed by atoms with van der Waals surface area (Å²) in [6.07, 6.45) is 2.28. The van der Waals surface area contributed by atoms with Crippen molar-refractivity contribution in [1.82, 2.24) is 9.78 Å². The van der Waals surface area contributed by atoms with Gasteiger partial charge in [0.05, 0.1) is 16.2 Å². The van der Waals surface area contributed by atoms with Gasteiger partial charge in [-0.3, -0.25) is 4.79 Å². The van der Waals surface area contributed by atoms with Gasteiger partial charge < -0.3 is 4.74 Å². The van der Waals surface area contributed by atoms with Crippen LogP contribution in [0, 0.1) is 0 Å². The molecule has 0 bridgehead atoms. The first-order valence-corrected chi connectivity index (χ1v) is 7.98. The van der Waals surface area contributed by atoms with Crippen molar-refractivity contribution in [3.8, 4) is 5.75 Å². The zero-order valence-electron chi connectivity index (χ0n) is 11.2. The molecule has 2 aromatic rings. The summed E-state index contributed by atoms with van der Waals surface area (Å²) >= 11 is 15.2. The molecule has 21 heavy (non-hydrogen) atoms. The number of halogens is 3. The van der Waals surface area contributed by atoms with Crippen LogP contribution in [0.1, 0.15) is 23.9 Å². The maximum atomic E-state index is 11.9. The molecule has 0 fully saturated rings. The Balaban J connectivity index is 2.08. The van der Waals surface area contributed by atoms with Crippen LogP contribution in [0.4, 0.5) is 0 Å². The van der Waals surface area contributed by atoms with Gasteiger partial charge in [0, 0.05) is 6.07 Å². The Morgan fingerprint density at radius 1 is 1.33 bits per heavy atom.